The minimum absolute atomic E-state index is 0.00104. The number of rotatable bonds is 13. The largest absolute Gasteiger partial charge is 0.487 e. The van der Waals surface area contributed by atoms with E-state index in [0.29, 0.717) is 53.9 Å². The summed E-state index contributed by atoms with van der Waals surface area (Å²) in [5.41, 5.74) is -0.322. The van der Waals surface area contributed by atoms with Crippen molar-refractivity contribution in [3.8, 4) is 11.5 Å². The predicted molar refractivity (Wildman–Crippen MR) is 128 cm³/mol. The molecule has 1 aromatic heterocycles. The van der Waals surface area contributed by atoms with Gasteiger partial charge in [0, 0.05) is 31.2 Å². The number of alkyl halides is 2. The molecule has 0 aliphatic carbocycles. The molecule has 0 fully saturated rings. The maximum absolute atomic E-state index is 15.0. The molecule has 0 bridgehead atoms. The van der Waals surface area contributed by atoms with Crippen molar-refractivity contribution in [2.24, 2.45) is 0 Å². The van der Waals surface area contributed by atoms with Gasteiger partial charge in [-0.15, -0.1) is 0 Å². The Morgan fingerprint density at radius 2 is 1.64 bits per heavy atom. The number of nitrogens with one attached hydrogen (secondary N) is 1. The first-order valence-electron chi connectivity index (χ1n) is 11.3. The van der Waals surface area contributed by atoms with Crippen LogP contribution in [-0.4, -0.2) is 62.3 Å². The molecule has 196 valence electrons. The molecule has 3 rings (SSSR count). The summed E-state index contributed by atoms with van der Waals surface area (Å²) in [6.07, 6.45) is 0. The van der Waals surface area contributed by atoms with Gasteiger partial charge in [0.15, 0.2) is 11.5 Å². The van der Waals surface area contributed by atoms with Gasteiger partial charge in [-0.1, -0.05) is 12.1 Å². The van der Waals surface area contributed by atoms with Crippen molar-refractivity contribution < 1.29 is 37.2 Å². The molecule has 1 heterocycles. The standard InChI is InChI=1S/C25H30F3N3O5/c1-15(17-6-5-7-19(23(17)26)25(27,28)14-32)29-24-18-12-21(35-10-8-33-3)22(36-11-9-34-4)13-20(18)30-16(2)31-24/h5-7,12-13,15,32H,8-11,14H2,1-4H3,(H,29,30,31)/t15-/m1/s1. The number of methoxy groups -OCH3 is 2. The zero-order valence-corrected chi connectivity index (χ0v) is 20.6. The van der Waals surface area contributed by atoms with Crippen LogP contribution >= 0.6 is 0 Å². The molecule has 0 amide bonds. The highest BCUT2D eigenvalue weighted by Crippen LogP contribution is 2.37. The molecular weight excluding hydrogens is 479 g/mol. The number of nitrogens with zero attached hydrogens (tertiary/aromatic N) is 2. The Labute approximate surface area is 207 Å². The van der Waals surface area contributed by atoms with Crippen LogP contribution in [-0.2, 0) is 15.4 Å². The van der Waals surface area contributed by atoms with Crippen LogP contribution in [0.25, 0.3) is 10.9 Å². The van der Waals surface area contributed by atoms with Crippen molar-refractivity contribution in [1.82, 2.24) is 9.97 Å². The van der Waals surface area contributed by atoms with Crippen LogP contribution in [0.3, 0.4) is 0 Å². The molecule has 11 heteroatoms. The van der Waals surface area contributed by atoms with Gasteiger partial charge in [0.1, 0.15) is 37.3 Å². The van der Waals surface area contributed by atoms with Crippen LogP contribution in [0.5, 0.6) is 11.5 Å². The highest BCUT2D eigenvalue weighted by molar-refractivity contribution is 5.92. The lowest BCUT2D eigenvalue weighted by Gasteiger charge is -2.21. The Bertz CT molecular complexity index is 1180. The molecule has 0 aliphatic heterocycles. The van der Waals surface area contributed by atoms with Gasteiger partial charge in [-0.25, -0.2) is 14.4 Å². The van der Waals surface area contributed by atoms with Gasteiger partial charge >= 0.3 is 0 Å². The second-order valence-corrected chi connectivity index (χ2v) is 8.06. The molecule has 0 unspecified atom stereocenters. The van der Waals surface area contributed by atoms with Gasteiger partial charge < -0.3 is 29.4 Å². The van der Waals surface area contributed by atoms with Crippen molar-refractivity contribution in [3.63, 3.8) is 0 Å². The third-order valence-corrected chi connectivity index (χ3v) is 5.40. The average molecular weight is 510 g/mol. The topological polar surface area (TPSA) is 95.0 Å². The van der Waals surface area contributed by atoms with Gasteiger partial charge in [0.25, 0.3) is 5.92 Å². The van der Waals surface area contributed by atoms with Crippen LogP contribution in [0.4, 0.5) is 19.0 Å². The number of aliphatic hydroxyl groups is 1. The van der Waals surface area contributed by atoms with Crippen molar-refractivity contribution in [2.45, 2.75) is 25.8 Å². The van der Waals surface area contributed by atoms with Crippen LogP contribution in [0.2, 0.25) is 0 Å². The molecule has 1 atom stereocenters. The van der Waals surface area contributed by atoms with E-state index < -0.39 is 30.0 Å². The molecule has 36 heavy (non-hydrogen) atoms. The smallest absolute Gasteiger partial charge is 0.298 e. The Balaban J connectivity index is 2.01. The summed E-state index contributed by atoms with van der Waals surface area (Å²) in [6, 6.07) is 6.36. The first-order valence-corrected chi connectivity index (χ1v) is 11.3. The first-order chi connectivity index (χ1) is 17.2. The van der Waals surface area contributed by atoms with Crippen LogP contribution in [0.15, 0.2) is 30.3 Å². The van der Waals surface area contributed by atoms with E-state index in [9.17, 15) is 8.78 Å². The quantitative estimate of drug-likeness (QED) is 0.328. The number of aryl methyl sites for hydroxylation is 1. The van der Waals surface area contributed by atoms with Gasteiger partial charge in [0.2, 0.25) is 0 Å². The van der Waals surface area contributed by atoms with Crippen molar-refractivity contribution in [1.29, 1.82) is 0 Å². The zero-order chi connectivity index (χ0) is 26.3. The molecular formula is C25H30F3N3O5. The molecule has 0 aliphatic rings. The average Bonchev–Trinajstić information content (AvgIpc) is 2.84. The summed E-state index contributed by atoms with van der Waals surface area (Å²) >= 11 is 0. The number of hydrogen-bond acceptors (Lipinski definition) is 8. The number of anilines is 1. The summed E-state index contributed by atoms with van der Waals surface area (Å²) < 4.78 is 64.8. The minimum Gasteiger partial charge on any atom is -0.487 e. The molecule has 3 aromatic rings. The van der Waals surface area contributed by atoms with E-state index in [4.69, 9.17) is 24.1 Å². The molecule has 2 aromatic carbocycles. The fourth-order valence-electron chi connectivity index (χ4n) is 3.59. The number of fused-ring (bicyclic) bond motifs is 1. The lowest BCUT2D eigenvalue weighted by Crippen LogP contribution is -2.22. The van der Waals surface area contributed by atoms with E-state index in [1.54, 1.807) is 40.2 Å². The number of hydrogen-bond donors (Lipinski definition) is 2. The van der Waals surface area contributed by atoms with E-state index in [2.05, 4.69) is 15.3 Å². The monoisotopic (exact) mass is 509 g/mol. The van der Waals surface area contributed by atoms with Crippen LogP contribution in [0.1, 0.15) is 29.9 Å². The Kier molecular flexibility index (Phi) is 9.30. The fraction of sp³-hybridized carbons (Fsp3) is 0.440. The second kappa shape index (κ2) is 12.2. The number of halogens is 3. The predicted octanol–water partition coefficient (Wildman–Crippen LogP) is 4.38. The van der Waals surface area contributed by atoms with Crippen molar-refractivity contribution in [2.75, 3.05) is 52.6 Å². The number of aromatic nitrogens is 2. The fourth-order valence-corrected chi connectivity index (χ4v) is 3.59. The number of aliphatic hydroxyl groups excluding tert-OH is 1. The molecule has 8 nitrogen and oxygen atoms in total. The minimum atomic E-state index is -3.70. The maximum atomic E-state index is 15.0. The molecule has 0 saturated carbocycles. The van der Waals surface area contributed by atoms with Gasteiger partial charge in [-0.05, 0) is 26.0 Å². The lowest BCUT2D eigenvalue weighted by atomic mass is 10.00. The first kappa shape index (κ1) is 27.4. The highest BCUT2D eigenvalue weighted by atomic mass is 19.3. The third kappa shape index (κ3) is 6.34. The SMILES string of the molecule is COCCOc1cc2nc(C)nc(N[C@H](C)c3cccc(C(F)(F)CO)c3F)c2cc1OCCOC. The van der Waals surface area contributed by atoms with E-state index in [1.165, 1.54) is 12.1 Å². The normalized spacial score (nSPS) is 12.6. The lowest BCUT2D eigenvalue weighted by molar-refractivity contribution is -0.0583. The maximum Gasteiger partial charge on any atom is 0.298 e. The number of benzene rings is 2. The van der Waals surface area contributed by atoms with Crippen LogP contribution in [0, 0.1) is 12.7 Å². The second-order valence-electron chi connectivity index (χ2n) is 8.06. The van der Waals surface area contributed by atoms with E-state index in [-0.39, 0.29) is 12.2 Å². The highest BCUT2D eigenvalue weighted by Gasteiger charge is 2.35. The molecule has 0 saturated heterocycles. The summed E-state index contributed by atoms with van der Waals surface area (Å²) in [5, 5.41) is 12.7. The summed E-state index contributed by atoms with van der Waals surface area (Å²) in [5.74, 6) is -3.11. The Morgan fingerprint density at radius 1 is 1.00 bits per heavy atom. The summed E-state index contributed by atoms with van der Waals surface area (Å²) in [4.78, 5) is 8.93. The number of ether oxygens (including phenoxy) is 4. The van der Waals surface area contributed by atoms with Gasteiger partial charge in [-0.3, -0.25) is 0 Å². The van der Waals surface area contributed by atoms with Gasteiger partial charge in [0.05, 0.1) is 30.3 Å². The van der Waals surface area contributed by atoms with Gasteiger partial charge in [-0.2, -0.15) is 8.78 Å². The summed E-state index contributed by atoms with van der Waals surface area (Å²) in [6.45, 7) is 3.13. The molecule has 0 spiro atoms. The van der Waals surface area contributed by atoms with E-state index >= 15 is 4.39 Å². The Morgan fingerprint density at radius 3 is 2.25 bits per heavy atom. The zero-order valence-electron chi connectivity index (χ0n) is 20.6. The van der Waals surface area contributed by atoms with Crippen molar-refractivity contribution >= 4 is 16.7 Å². The van der Waals surface area contributed by atoms with Crippen LogP contribution < -0.4 is 14.8 Å². The molecule has 0 radical (unpaired) electrons. The molecule has 2 N–H and O–H groups in total. The van der Waals surface area contributed by atoms with Crippen molar-refractivity contribution in [3.05, 3.63) is 53.1 Å². The van der Waals surface area contributed by atoms with E-state index in [0.717, 1.165) is 6.07 Å². The third-order valence-electron chi connectivity index (χ3n) is 5.40. The Hall–Kier alpha value is -3.15. The summed E-state index contributed by atoms with van der Waals surface area (Å²) in [7, 11) is 3.13. The van der Waals surface area contributed by atoms with E-state index in [1.807, 2.05) is 0 Å².